The third-order valence-corrected chi connectivity index (χ3v) is 4.28. The van der Waals surface area contributed by atoms with E-state index in [1.54, 1.807) is 0 Å². The summed E-state index contributed by atoms with van der Waals surface area (Å²) in [7, 11) is 0. The zero-order valence-corrected chi connectivity index (χ0v) is 12.7. The van der Waals surface area contributed by atoms with E-state index in [-0.39, 0.29) is 0 Å². The van der Waals surface area contributed by atoms with Gasteiger partial charge in [0.05, 0.1) is 0 Å². The number of benzene rings is 1. The van der Waals surface area contributed by atoms with E-state index in [0.29, 0.717) is 5.92 Å². The molecule has 1 aromatic carbocycles. The lowest BCUT2D eigenvalue weighted by Gasteiger charge is -2.27. The first-order valence-electron chi connectivity index (χ1n) is 7.67. The monoisotopic (exact) mass is 260 g/mol. The highest BCUT2D eigenvalue weighted by molar-refractivity contribution is 5.32. The van der Waals surface area contributed by atoms with E-state index in [1.165, 1.54) is 49.2 Å². The average molecular weight is 260 g/mol. The molecule has 1 fully saturated rings. The number of rotatable bonds is 5. The smallest absolute Gasteiger partial charge is 0.0107 e. The maximum atomic E-state index is 3.41. The highest BCUT2D eigenvalue weighted by Gasteiger charge is 2.11. The summed E-state index contributed by atoms with van der Waals surface area (Å²) in [6.45, 7) is 12.8. The molecular weight excluding hydrogens is 232 g/mol. The Bertz CT molecular complexity index is 394. The van der Waals surface area contributed by atoms with Crippen molar-refractivity contribution in [2.45, 2.75) is 39.5 Å². The normalized spacial score (nSPS) is 18.5. The van der Waals surface area contributed by atoms with Gasteiger partial charge in [-0.1, -0.05) is 30.7 Å². The first kappa shape index (κ1) is 14.5. The van der Waals surface area contributed by atoms with Gasteiger partial charge in [0.15, 0.2) is 0 Å². The number of nitrogens with zero attached hydrogens (tertiary/aromatic N) is 1. The molecule has 1 heterocycles. The third-order valence-electron chi connectivity index (χ3n) is 4.28. The van der Waals surface area contributed by atoms with Crippen molar-refractivity contribution >= 4 is 0 Å². The van der Waals surface area contributed by atoms with Crippen molar-refractivity contribution in [2.75, 3.05) is 32.7 Å². The van der Waals surface area contributed by atoms with Crippen molar-refractivity contribution < 1.29 is 0 Å². The number of aryl methyl sites for hydroxylation is 2. The first-order valence-corrected chi connectivity index (χ1v) is 7.67. The van der Waals surface area contributed by atoms with Crippen LogP contribution in [0, 0.1) is 13.8 Å². The second-order valence-electron chi connectivity index (χ2n) is 5.99. The van der Waals surface area contributed by atoms with Gasteiger partial charge in [-0.3, -0.25) is 0 Å². The average Bonchev–Trinajstić information content (AvgIpc) is 2.39. The minimum atomic E-state index is 0.684. The van der Waals surface area contributed by atoms with Gasteiger partial charge in [0, 0.05) is 26.2 Å². The van der Waals surface area contributed by atoms with Gasteiger partial charge in [0.2, 0.25) is 0 Å². The number of hydrogen-bond acceptors (Lipinski definition) is 2. The Morgan fingerprint density at radius 2 is 1.95 bits per heavy atom. The summed E-state index contributed by atoms with van der Waals surface area (Å²) >= 11 is 0. The molecule has 2 rings (SSSR count). The molecule has 1 N–H and O–H groups in total. The Kier molecular flexibility index (Phi) is 5.41. The summed E-state index contributed by atoms with van der Waals surface area (Å²) in [5, 5.41) is 3.41. The van der Waals surface area contributed by atoms with Gasteiger partial charge in [0.25, 0.3) is 0 Å². The quantitative estimate of drug-likeness (QED) is 0.875. The first-order chi connectivity index (χ1) is 9.16. The van der Waals surface area contributed by atoms with Crippen LogP contribution in [0.4, 0.5) is 0 Å². The zero-order chi connectivity index (χ0) is 13.7. The molecule has 1 saturated heterocycles. The van der Waals surface area contributed by atoms with Crippen LogP contribution in [0.15, 0.2) is 18.2 Å². The Morgan fingerprint density at radius 1 is 1.21 bits per heavy atom. The van der Waals surface area contributed by atoms with Crippen LogP contribution in [-0.2, 0) is 0 Å². The van der Waals surface area contributed by atoms with Crippen LogP contribution in [-0.4, -0.2) is 37.6 Å². The number of nitrogens with one attached hydrogen (secondary N) is 1. The minimum absolute atomic E-state index is 0.684. The fourth-order valence-corrected chi connectivity index (χ4v) is 3.09. The minimum Gasteiger partial charge on any atom is -0.314 e. The van der Waals surface area contributed by atoms with Gasteiger partial charge in [-0.25, -0.2) is 0 Å². The van der Waals surface area contributed by atoms with Gasteiger partial charge in [-0.05, 0) is 50.3 Å². The summed E-state index contributed by atoms with van der Waals surface area (Å²) < 4.78 is 0. The van der Waals surface area contributed by atoms with E-state index < -0.39 is 0 Å². The van der Waals surface area contributed by atoms with Crippen LogP contribution in [0.25, 0.3) is 0 Å². The van der Waals surface area contributed by atoms with E-state index in [0.717, 1.165) is 13.1 Å². The lowest BCUT2D eigenvalue weighted by atomic mass is 9.91. The molecule has 106 valence electrons. The van der Waals surface area contributed by atoms with Crippen molar-refractivity contribution in [3.05, 3.63) is 34.9 Å². The van der Waals surface area contributed by atoms with E-state index in [1.807, 2.05) is 0 Å². The van der Waals surface area contributed by atoms with Crippen LogP contribution in [0.5, 0.6) is 0 Å². The molecular formula is C17H28N2. The molecule has 2 heteroatoms. The molecule has 0 saturated carbocycles. The molecule has 1 aromatic rings. The molecule has 0 radical (unpaired) electrons. The van der Waals surface area contributed by atoms with E-state index >= 15 is 0 Å². The number of piperazine rings is 1. The topological polar surface area (TPSA) is 15.3 Å². The SMILES string of the molecule is Cc1ccc(C(C)CCCN2CCNCC2)c(C)c1. The molecule has 0 bridgehead atoms. The maximum absolute atomic E-state index is 3.41. The summed E-state index contributed by atoms with van der Waals surface area (Å²) in [4.78, 5) is 2.59. The standard InChI is InChI=1S/C17H28N2/c1-14-6-7-17(16(3)13-14)15(2)5-4-10-19-11-8-18-9-12-19/h6-7,13,15,18H,4-5,8-12H2,1-3H3. The zero-order valence-electron chi connectivity index (χ0n) is 12.7. The van der Waals surface area contributed by atoms with E-state index in [9.17, 15) is 0 Å². The predicted molar refractivity (Wildman–Crippen MR) is 82.9 cm³/mol. The summed E-state index contributed by atoms with van der Waals surface area (Å²) in [6.07, 6.45) is 2.61. The molecule has 1 atom stereocenters. The van der Waals surface area contributed by atoms with Crippen LogP contribution < -0.4 is 5.32 Å². The van der Waals surface area contributed by atoms with Crippen molar-refractivity contribution in [3.63, 3.8) is 0 Å². The molecule has 0 aromatic heterocycles. The Morgan fingerprint density at radius 3 is 2.63 bits per heavy atom. The van der Waals surface area contributed by atoms with Gasteiger partial charge in [-0.2, -0.15) is 0 Å². The van der Waals surface area contributed by atoms with Crippen LogP contribution in [0.1, 0.15) is 42.4 Å². The fourth-order valence-electron chi connectivity index (χ4n) is 3.09. The molecule has 1 aliphatic rings. The molecule has 0 spiro atoms. The summed E-state index contributed by atoms with van der Waals surface area (Å²) in [5.74, 6) is 0.684. The second kappa shape index (κ2) is 7.06. The fraction of sp³-hybridized carbons (Fsp3) is 0.647. The van der Waals surface area contributed by atoms with Crippen LogP contribution >= 0.6 is 0 Å². The van der Waals surface area contributed by atoms with E-state index in [2.05, 4.69) is 49.2 Å². The van der Waals surface area contributed by atoms with E-state index in [4.69, 9.17) is 0 Å². The van der Waals surface area contributed by atoms with Gasteiger partial charge < -0.3 is 10.2 Å². The van der Waals surface area contributed by atoms with Gasteiger partial charge in [0.1, 0.15) is 0 Å². The Labute approximate surface area is 118 Å². The highest BCUT2D eigenvalue weighted by atomic mass is 15.2. The molecule has 1 unspecified atom stereocenters. The van der Waals surface area contributed by atoms with Crippen molar-refractivity contribution in [3.8, 4) is 0 Å². The Balaban J connectivity index is 1.78. The number of hydrogen-bond donors (Lipinski definition) is 1. The lowest BCUT2D eigenvalue weighted by Crippen LogP contribution is -2.43. The highest BCUT2D eigenvalue weighted by Crippen LogP contribution is 2.24. The predicted octanol–water partition coefficient (Wildman–Crippen LogP) is 3.09. The van der Waals surface area contributed by atoms with Crippen molar-refractivity contribution in [2.24, 2.45) is 0 Å². The van der Waals surface area contributed by atoms with Crippen molar-refractivity contribution in [1.82, 2.24) is 10.2 Å². The summed E-state index contributed by atoms with van der Waals surface area (Å²) in [5.41, 5.74) is 4.36. The largest absolute Gasteiger partial charge is 0.314 e. The van der Waals surface area contributed by atoms with Crippen LogP contribution in [0.3, 0.4) is 0 Å². The second-order valence-corrected chi connectivity index (χ2v) is 5.99. The molecule has 0 amide bonds. The molecule has 0 aliphatic carbocycles. The Hall–Kier alpha value is -0.860. The maximum Gasteiger partial charge on any atom is 0.0107 e. The lowest BCUT2D eigenvalue weighted by molar-refractivity contribution is 0.235. The molecule has 1 aliphatic heterocycles. The van der Waals surface area contributed by atoms with Crippen LogP contribution in [0.2, 0.25) is 0 Å². The van der Waals surface area contributed by atoms with Gasteiger partial charge in [-0.15, -0.1) is 0 Å². The molecule has 2 nitrogen and oxygen atoms in total. The summed E-state index contributed by atoms with van der Waals surface area (Å²) in [6, 6.07) is 6.87. The molecule has 19 heavy (non-hydrogen) atoms. The third kappa shape index (κ3) is 4.32. The van der Waals surface area contributed by atoms with Gasteiger partial charge >= 0.3 is 0 Å². The van der Waals surface area contributed by atoms with Crippen molar-refractivity contribution in [1.29, 1.82) is 0 Å².